The number of amides is 1. The number of rotatable bonds is 6. The number of anilines is 1. The highest BCUT2D eigenvalue weighted by molar-refractivity contribution is 6.32. The molecule has 0 saturated carbocycles. The van der Waals surface area contributed by atoms with Crippen LogP contribution in [0.5, 0.6) is 0 Å². The van der Waals surface area contributed by atoms with E-state index in [0.29, 0.717) is 21.4 Å². The van der Waals surface area contributed by atoms with Gasteiger partial charge in [-0.1, -0.05) is 47.5 Å². The van der Waals surface area contributed by atoms with Crippen LogP contribution in [0.25, 0.3) is 5.69 Å². The van der Waals surface area contributed by atoms with Crippen LogP contribution in [-0.2, 0) is 4.79 Å². The molecule has 0 spiro atoms. The van der Waals surface area contributed by atoms with E-state index in [0.717, 1.165) is 11.4 Å². The Bertz CT molecular complexity index is 969. The van der Waals surface area contributed by atoms with Gasteiger partial charge in [0.15, 0.2) is 0 Å². The van der Waals surface area contributed by atoms with E-state index in [1.54, 1.807) is 16.8 Å². The molecule has 0 saturated heterocycles. The SMILES string of the molecule is Cc1nn(-c2cccc(Cl)c2)c(Cl)c1/C=N/NC(=O)CNc1ccccc1. The number of carbonyl (C=O) groups is 1. The summed E-state index contributed by atoms with van der Waals surface area (Å²) < 4.78 is 1.57. The maximum Gasteiger partial charge on any atom is 0.259 e. The summed E-state index contributed by atoms with van der Waals surface area (Å²) in [6, 6.07) is 16.6. The van der Waals surface area contributed by atoms with Gasteiger partial charge in [-0.25, -0.2) is 10.1 Å². The Hall–Kier alpha value is -2.83. The van der Waals surface area contributed by atoms with Crippen LogP contribution in [0.4, 0.5) is 5.69 Å². The van der Waals surface area contributed by atoms with Crippen LogP contribution in [0, 0.1) is 6.92 Å². The summed E-state index contributed by atoms with van der Waals surface area (Å²) in [4.78, 5) is 11.9. The van der Waals surface area contributed by atoms with Crippen LogP contribution in [0.1, 0.15) is 11.3 Å². The predicted octanol–water partition coefficient (Wildman–Crippen LogP) is 4.05. The molecule has 0 aliphatic carbocycles. The lowest BCUT2D eigenvalue weighted by atomic mass is 10.3. The van der Waals surface area contributed by atoms with E-state index < -0.39 is 0 Å². The summed E-state index contributed by atoms with van der Waals surface area (Å²) in [5.41, 5.74) is 5.37. The number of halogens is 2. The number of carbonyl (C=O) groups excluding carboxylic acids is 1. The minimum absolute atomic E-state index is 0.107. The van der Waals surface area contributed by atoms with E-state index in [9.17, 15) is 4.79 Å². The van der Waals surface area contributed by atoms with Gasteiger partial charge < -0.3 is 5.32 Å². The Morgan fingerprint density at radius 2 is 1.96 bits per heavy atom. The third-order valence-electron chi connectivity index (χ3n) is 3.71. The average Bonchev–Trinajstić information content (AvgIpc) is 2.95. The quantitative estimate of drug-likeness (QED) is 0.483. The van der Waals surface area contributed by atoms with Gasteiger partial charge in [-0.2, -0.15) is 10.2 Å². The smallest absolute Gasteiger partial charge is 0.259 e. The van der Waals surface area contributed by atoms with Crippen molar-refractivity contribution in [1.82, 2.24) is 15.2 Å². The summed E-state index contributed by atoms with van der Waals surface area (Å²) in [5.74, 6) is -0.272. The number of hydrogen-bond acceptors (Lipinski definition) is 4. The zero-order valence-corrected chi connectivity index (χ0v) is 16.0. The first-order chi connectivity index (χ1) is 13.0. The zero-order chi connectivity index (χ0) is 19.2. The fourth-order valence-corrected chi connectivity index (χ4v) is 2.89. The minimum Gasteiger partial charge on any atom is -0.376 e. The number of hydrazone groups is 1. The minimum atomic E-state index is -0.272. The van der Waals surface area contributed by atoms with Gasteiger partial charge in [0.05, 0.1) is 29.7 Å². The summed E-state index contributed by atoms with van der Waals surface area (Å²) in [6.07, 6.45) is 1.48. The molecule has 0 unspecified atom stereocenters. The van der Waals surface area contributed by atoms with Crippen molar-refractivity contribution in [2.75, 3.05) is 11.9 Å². The Morgan fingerprint density at radius 3 is 2.70 bits per heavy atom. The largest absolute Gasteiger partial charge is 0.376 e. The zero-order valence-electron chi connectivity index (χ0n) is 14.5. The Labute approximate surface area is 166 Å². The number of aryl methyl sites for hydroxylation is 1. The van der Waals surface area contributed by atoms with Crippen LogP contribution >= 0.6 is 23.2 Å². The molecular formula is C19H17Cl2N5O. The van der Waals surface area contributed by atoms with Gasteiger partial charge in [0.1, 0.15) is 5.15 Å². The molecule has 2 N–H and O–H groups in total. The number of nitrogens with one attached hydrogen (secondary N) is 2. The third-order valence-corrected chi connectivity index (χ3v) is 4.31. The van der Waals surface area contributed by atoms with E-state index in [-0.39, 0.29) is 12.5 Å². The highest BCUT2D eigenvalue weighted by Gasteiger charge is 2.13. The molecule has 0 radical (unpaired) electrons. The van der Waals surface area contributed by atoms with Crippen molar-refractivity contribution in [2.24, 2.45) is 5.10 Å². The van der Waals surface area contributed by atoms with E-state index in [1.807, 2.05) is 49.4 Å². The number of hydrogen-bond donors (Lipinski definition) is 2. The van der Waals surface area contributed by atoms with Crippen LogP contribution in [0.2, 0.25) is 10.2 Å². The van der Waals surface area contributed by atoms with Crippen molar-refractivity contribution in [1.29, 1.82) is 0 Å². The number of benzene rings is 2. The molecule has 27 heavy (non-hydrogen) atoms. The van der Waals surface area contributed by atoms with Gasteiger partial charge in [-0.05, 0) is 37.3 Å². The van der Waals surface area contributed by atoms with Gasteiger partial charge in [0, 0.05) is 10.7 Å². The molecule has 138 valence electrons. The lowest BCUT2D eigenvalue weighted by Gasteiger charge is -2.04. The number of aromatic nitrogens is 2. The van der Waals surface area contributed by atoms with Crippen molar-refractivity contribution < 1.29 is 4.79 Å². The van der Waals surface area contributed by atoms with E-state index in [1.165, 1.54) is 6.21 Å². The molecular weight excluding hydrogens is 385 g/mol. The second-order valence-corrected chi connectivity index (χ2v) is 6.49. The van der Waals surface area contributed by atoms with Crippen molar-refractivity contribution >= 4 is 41.0 Å². The molecule has 0 aliphatic heterocycles. The Balaban J connectivity index is 1.64. The number of nitrogens with zero attached hydrogens (tertiary/aromatic N) is 3. The first-order valence-electron chi connectivity index (χ1n) is 8.16. The molecule has 0 atom stereocenters. The fraction of sp³-hybridized carbons (Fsp3) is 0.105. The summed E-state index contributed by atoms with van der Waals surface area (Å²) >= 11 is 12.4. The molecule has 2 aromatic carbocycles. The lowest BCUT2D eigenvalue weighted by Crippen LogP contribution is -2.25. The second kappa shape index (κ2) is 8.70. The summed E-state index contributed by atoms with van der Waals surface area (Å²) in [5, 5.41) is 12.4. The molecule has 1 amide bonds. The van der Waals surface area contributed by atoms with Gasteiger partial charge >= 0.3 is 0 Å². The summed E-state index contributed by atoms with van der Waals surface area (Å²) in [6.45, 7) is 1.92. The fourth-order valence-electron chi connectivity index (χ4n) is 2.38. The molecule has 6 nitrogen and oxygen atoms in total. The highest BCUT2D eigenvalue weighted by atomic mass is 35.5. The second-order valence-electron chi connectivity index (χ2n) is 5.69. The van der Waals surface area contributed by atoms with E-state index in [2.05, 4.69) is 20.9 Å². The molecule has 0 aliphatic rings. The number of para-hydroxylation sites is 1. The molecule has 1 heterocycles. The maximum atomic E-state index is 11.9. The van der Waals surface area contributed by atoms with E-state index in [4.69, 9.17) is 23.2 Å². The van der Waals surface area contributed by atoms with Crippen LogP contribution < -0.4 is 10.7 Å². The van der Waals surface area contributed by atoms with Gasteiger partial charge in [0.25, 0.3) is 5.91 Å². The van der Waals surface area contributed by atoms with E-state index >= 15 is 0 Å². The molecule has 3 rings (SSSR count). The van der Waals surface area contributed by atoms with Crippen LogP contribution in [-0.4, -0.2) is 28.4 Å². The molecule has 1 aromatic heterocycles. The Morgan fingerprint density at radius 1 is 1.19 bits per heavy atom. The normalized spacial score (nSPS) is 10.9. The molecule has 8 heteroatoms. The Kier molecular flexibility index (Phi) is 6.11. The molecule has 3 aromatic rings. The van der Waals surface area contributed by atoms with Crippen LogP contribution in [0.15, 0.2) is 59.7 Å². The lowest BCUT2D eigenvalue weighted by molar-refractivity contribution is -0.119. The first kappa shape index (κ1) is 18.9. The van der Waals surface area contributed by atoms with Crippen molar-refractivity contribution in [3.8, 4) is 5.69 Å². The highest BCUT2D eigenvalue weighted by Crippen LogP contribution is 2.23. The van der Waals surface area contributed by atoms with Crippen molar-refractivity contribution in [3.05, 3.63) is 76.0 Å². The molecule has 0 fully saturated rings. The van der Waals surface area contributed by atoms with Gasteiger partial charge in [-0.3, -0.25) is 4.79 Å². The standard InChI is InChI=1S/C19H17Cl2N5O/c1-13-17(19(21)26(25-13)16-9-5-6-14(20)10-16)11-23-24-18(27)12-22-15-7-3-2-4-8-15/h2-11,22H,12H2,1H3,(H,24,27)/b23-11+. The van der Waals surface area contributed by atoms with Crippen molar-refractivity contribution in [2.45, 2.75) is 6.92 Å². The average molecular weight is 402 g/mol. The predicted molar refractivity (Wildman–Crippen MR) is 109 cm³/mol. The van der Waals surface area contributed by atoms with Gasteiger partial charge in [-0.15, -0.1) is 0 Å². The maximum absolute atomic E-state index is 11.9. The third kappa shape index (κ3) is 4.87. The van der Waals surface area contributed by atoms with Crippen LogP contribution in [0.3, 0.4) is 0 Å². The topological polar surface area (TPSA) is 71.3 Å². The van der Waals surface area contributed by atoms with Gasteiger partial charge in [0.2, 0.25) is 0 Å². The van der Waals surface area contributed by atoms with Crippen molar-refractivity contribution in [3.63, 3.8) is 0 Å². The summed E-state index contributed by atoms with van der Waals surface area (Å²) in [7, 11) is 0. The monoisotopic (exact) mass is 401 g/mol. The first-order valence-corrected chi connectivity index (χ1v) is 8.92. The molecule has 0 bridgehead atoms.